The predicted molar refractivity (Wildman–Crippen MR) is 75.0 cm³/mol. The molecule has 1 heterocycles. The molecule has 3 nitrogen and oxygen atoms in total. The lowest BCUT2D eigenvalue weighted by molar-refractivity contribution is 0.0946. The fourth-order valence-electron chi connectivity index (χ4n) is 1.78. The third kappa shape index (κ3) is 4.30. The van der Waals surface area contributed by atoms with Crippen LogP contribution in [0.15, 0.2) is 12.1 Å². The van der Waals surface area contributed by atoms with Crippen LogP contribution in [0.5, 0.6) is 0 Å². The minimum atomic E-state index is -0.0686. The van der Waals surface area contributed by atoms with Gasteiger partial charge in [0, 0.05) is 17.8 Å². The van der Waals surface area contributed by atoms with E-state index < -0.39 is 0 Å². The van der Waals surface area contributed by atoms with Crippen molar-refractivity contribution in [3.8, 4) is 0 Å². The van der Waals surface area contributed by atoms with Crippen molar-refractivity contribution in [3.05, 3.63) is 28.5 Å². The molecule has 0 radical (unpaired) electrons. The molecule has 4 heteroatoms. The summed E-state index contributed by atoms with van der Waals surface area (Å²) in [6.07, 6.45) is 2.93. The summed E-state index contributed by atoms with van der Waals surface area (Å²) in [6.45, 7) is 6.98. The van der Waals surface area contributed by atoms with Gasteiger partial charge < -0.3 is 5.32 Å². The van der Waals surface area contributed by atoms with Gasteiger partial charge in [-0.3, -0.25) is 4.79 Å². The number of hydrogen-bond acceptors (Lipinski definition) is 2. The van der Waals surface area contributed by atoms with Crippen LogP contribution in [0.25, 0.3) is 0 Å². The number of amides is 1. The molecule has 0 saturated carbocycles. The second kappa shape index (κ2) is 7.37. The molecule has 0 spiro atoms. The highest BCUT2D eigenvalue weighted by molar-refractivity contribution is 6.29. The first-order valence-electron chi connectivity index (χ1n) is 6.55. The Morgan fingerprint density at radius 2 is 2.00 bits per heavy atom. The van der Waals surface area contributed by atoms with Gasteiger partial charge in [0.2, 0.25) is 0 Å². The lowest BCUT2D eigenvalue weighted by atomic mass is 10.0. The van der Waals surface area contributed by atoms with Crippen molar-refractivity contribution in [1.82, 2.24) is 10.3 Å². The maximum atomic E-state index is 12.0. The van der Waals surface area contributed by atoms with Crippen LogP contribution in [0.3, 0.4) is 0 Å². The first kappa shape index (κ1) is 15.0. The Hall–Kier alpha value is -1.09. The number of aryl methyl sites for hydroxylation is 1. The van der Waals surface area contributed by atoms with Crippen molar-refractivity contribution >= 4 is 17.5 Å². The second-order valence-corrected chi connectivity index (χ2v) is 4.80. The van der Waals surface area contributed by atoms with Gasteiger partial charge in [0.1, 0.15) is 5.15 Å². The van der Waals surface area contributed by atoms with Crippen molar-refractivity contribution in [1.29, 1.82) is 0 Å². The smallest absolute Gasteiger partial charge is 0.251 e. The highest BCUT2D eigenvalue weighted by Crippen LogP contribution is 2.12. The molecule has 0 atom stereocenters. The molecule has 0 unspecified atom stereocenters. The Kier molecular flexibility index (Phi) is 6.13. The van der Waals surface area contributed by atoms with E-state index in [1.54, 1.807) is 12.1 Å². The quantitative estimate of drug-likeness (QED) is 0.803. The van der Waals surface area contributed by atoms with E-state index in [4.69, 9.17) is 11.6 Å². The van der Waals surface area contributed by atoms with Gasteiger partial charge in [0.25, 0.3) is 5.91 Å². The van der Waals surface area contributed by atoms with Crippen LogP contribution in [0, 0.1) is 5.92 Å². The van der Waals surface area contributed by atoms with E-state index in [1.165, 1.54) is 0 Å². The van der Waals surface area contributed by atoms with E-state index in [0.717, 1.165) is 25.0 Å². The zero-order valence-corrected chi connectivity index (χ0v) is 12.0. The van der Waals surface area contributed by atoms with E-state index in [0.29, 0.717) is 23.2 Å². The van der Waals surface area contributed by atoms with Gasteiger partial charge in [-0.1, -0.05) is 45.2 Å². The summed E-state index contributed by atoms with van der Waals surface area (Å²) < 4.78 is 0. The van der Waals surface area contributed by atoms with Crippen LogP contribution >= 0.6 is 11.6 Å². The summed E-state index contributed by atoms with van der Waals surface area (Å²) in [7, 11) is 0. The van der Waals surface area contributed by atoms with Gasteiger partial charge in [-0.05, 0) is 24.5 Å². The minimum absolute atomic E-state index is 0.0686. The summed E-state index contributed by atoms with van der Waals surface area (Å²) in [5, 5.41) is 3.33. The van der Waals surface area contributed by atoms with Crippen molar-refractivity contribution < 1.29 is 4.79 Å². The van der Waals surface area contributed by atoms with Crippen molar-refractivity contribution in [2.75, 3.05) is 6.54 Å². The molecule has 0 aliphatic heterocycles. The van der Waals surface area contributed by atoms with Crippen molar-refractivity contribution in [2.24, 2.45) is 5.92 Å². The van der Waals surface area contributed by atoms with Crippen LogP contribution in [0.4, 0.5) is 0 Å². The number of aromatic nitrogens is 1. The summed E-state index contributed by atoms with van der Waals surface area (Å²) >= 11 is 5.90. The Labute approximate surface area is 114 Å². The first-order chi connectivity index (χ1) is 8.60. The third-order valence-electron chi connectivity index (χ3n) is 3.18. The molecule has 1 amide bonds. The number of pyridine rings is 1. The largest absolute Gasteiger partial charge is 0.352 e. The number of carbonyl (C=O) groups is 1. The Bertz CT molecular complexity index is 403. The van der Waals surface area contributed by atoms with E-state index in [-0.39, 0.29) is 5.91 Å². The highest BCUT2D eigenvalue weighted by Gasteiger charge is 2.10. The number of halogens is 1. The number of nitrogens with zero attached hydrogens (tertiary/aromatic N) is 1. The minimum Gasteiger partial charge on any atom is -0.352 e. The molecule has 1 rings (SSSR count). The fraction of sp³-hybridized carbons (Fsp3) is 0.571. The van der Waals surface area contributed by atoms with Gasteiger partial charge in [-0.2, -0.15) is 0 Å². The Morgan fingerprint density at radius 1 is 1.33 bits per heavy atom. The standard InChI is InChI=1S/C14H21ClN2O/c1-4-10(5-2)9-16-14(18)11-7-12(6-3)17-13(15)8-11/h7-8,10H,4-6,9H2,1-3H3,(H,16,18). The molecule has 0 fully saturated rings. The van der Waals surface area contributed by atoms with E-state index >= 15 is 0 Å². The van der Waals surface area contributed by atoms with Crippen LogP contribution in [-0.2, 0) is 6.42 Å². The number of carbonyl (C=O) groups excluding carboxylic acids is 1. The molecule has 1 N–H and O–H groups in total. The van der Waals surface area contributed by atoms with E-state index in [9.17, 15) is 4.79 Å². The van der Waals surface area contributed by atoms with Crippen molar-refractivity contribution in [3.63, 3.8) is 0 Å². The molecule has 0 aromatic carbocycles. The van der Waals surface area contributed by atoms with E-state index in [1.807, 2.05) is 6.92 Å². The van der Waals surface area contributed by atoms with Gasteiger partial charge in [-0.15, -0.1) is 0 Å². The number of rotatable bonds is 6. The topological polar surface area (TPSA) is 42.0 Å². The van der Waals surface area contributed by atoms with Crippen LogP contribution in [0.1, 0.15) is 49.7 Å². The number of hydrogen-bond donors (Lipinski definition) is 1. The maximum Gasteiger partial charge on any atom is 0.251 e. The van der Waals surface area contributed by atoms with Gasteiger partial charge in [-0.25, -0.2) is 4.98 Å². The zero-order chi connectivity index (χ0) is 13.5. The van der Waals surface area contributed by atoms with Crippen LogP contribution < -0.4 is 5.32 Å². The van der Waals surface area contributed by atoms with Crippen molar-refractivity contribution in [2.45, 2.75) is 40.0 Å². The molecule has 100 valence electrons. The van der Waals surface area contributed by atoms with E-state index in [2.05, 4.69) is 24.1 Å². The zero-order valence-electron chi connectivity index (χ0n) is 11.3. The lowest BCUT2D eigenvalue weighted by Gasteiger charge is -2.13. The lowest BCUT2D eigenvalue weighted by Crippen LogP contribution is -2.29. The molecule has 1 aromatic rings. The summed E-state index contributed by atoms with van der Waals surface area (Å²) in [5.74, 6) is 0.470. The molecular weight excluding hydrogens is 248 g/mol. The average molecular weight is 269 g/mol. The van der Waals surface area contributed by atoms with Gasteiger partial charge >= 0.3 is 0 Å². The van der Waals surface area contributed by atoms with Gasteiger partial charge in [0.15, 0.2) is 0 Å². The predicted octanol–water partition coefficient (Wildman–Crippen LogP) is 3.46. The van der Waals surface area contributed by atoms with Crippen LogP contribution in [-0.4, -0.2) is 17.4 Å². The third-order valence-corrected chi connectivity index (χ3v) is 3.37. The SMILES string of the molecule is CCc1cc(C(=O)NCC(CC)CC)cc(Cl)n1. The fourth-order valence-corrected chi connectivity index (χ4v) is 2.01. The Balaban J connectivity index is 2.69. The molecular formula is C14H21ClN2O. The molecule has 1 aromatic heterocycles. The molecule has 0 aliphatic rings. The summed E-state index contributed by atoms with van der Waals surface area (Å²) in [4.78, 5) is 16.2. The summed E-state index contributed by atoms with van der Waals surface area (Å²) in [5.41, 5.74) is 1.44. The normalized spacial score (nSPS) is 10.7. The highest BCUT2D eigenvalue weighted by atomic mass is 35.5. The average Bonchev–Trinajstić information content (AvgIpc) is 2.38. The van der Waals surface area contributed by atoms with Gasteiger partial charge in [0.05, 0.1) is 0 Å². The number of nitrogens with one attached hydrogen (secondary N) is 1. The molecule has 0 saturated heterocycles. The molecule has 0 bridgehead atoms. The first-order valence-corrected chi connectivity index (χ1v) is 6.93. The Morgan fingerprint density at radius 3 is 2.56 bits per heavy atom. The summed E-state index contributed by atoms with van der Waals surface area (Å²) in [6, 6.07) is 3.41. The monoisotopic (exact) mass is 268 g/mol. The maximum absolute atomic E-state index is 12.0. The molecule has 18 heavy (non-hydrogen) atoms. The molecule has 0 aliphatic carbocycles. The van der Waals surface area contributed by atoms with Crippen LogP contribution in [0.2, 0.25) is 5.15 Å². The second-order valence-electron chi connectivity index (χ2n) is 4.42.